The molecule has 6 heteroatoms. The van der Waals surface area contributed by atoms with Crippen molar-refractivity contribution in [1.82, 2.24) is 0 Å². The van der Waals surface area contributed by atoms with E-state index in [2.05, 4.69) is 88.5 Å². The highest BCUT2D eigenvalue weighted by Crippen LogP contribution is 2.57. The van der Waals surface area contributed by atoms with Crippen LogP contribution in [0.5, 0.6) is 0 Å². The maximum atomic E-state index is 13.0. The Balaban J connectivity index is 2.86. The lowest BCUT2D eigenvalue weighted by Crippen LogP contribution is -2.44. The summed E-state index contributed by atoms with van der Waals surface area (Å²) < 4.78 is 12.9. The van der Waals surface area contributed by atoms with Crippen LogP contribution in [0.2, 0.25) is 36.3 Å². The number of hydrogen-bond donors (Lipinski definition) is 1. The fraction of sp³-hybridized carbons (Fsp3) is 0.889. The van der Waals surface area contributed by atoms with Crippen LogP contribution in [0.25, 0.3) is 0 Å². The van der Waals surface area contributed by atoms with E-state index in [0.29, 0.717) is 12.2 Å². The molecule has 1 aliphatic rings. The summed E-state index contributed by atoms with van der Waals surface area (Å²) in [6.07, 6.45) is 3.17. The summed E-state index contributed by atoms with van der Waals surface area (Å²) in [6.45, 7) is 31.3. The summed E-state index contributed by atoms with van der Waals surface area (Å²) in [5.74, 6) is 0.00659. The van der Waals surface area contributed by atoms with Crippen molar-refractivity contribution in [2.75, 3.05) is 6.61 Å². The second-order valence-corrected chi connectivity index (χ2v) is 23.9. The van der Waals surface area contributed by atoms with Crippen LogP contribution in [0.1, 0.15) is 88.5 Å². The van der Waals surface area contributed by atoms with Crippen molar-refractivity contribution in [3.05, 3.63) is 11.6 Å². The van der Waals surface area contributed by atoms with Gasteiger partial charge in [-0.3, -0.25) is 4.79 Å². The third-order valence-electron chi connectivity index (χ3n) is 9.40. The highest BCUT2D eigenvalue weighted by atomic mass is 28.4. The normalized spacial score (nSPS) is 25.9. The number of Topliss-reactive ketones (excluding diaryl/α,β-unsaturated/α-hetero) is 1. The molecular weight excluding hydrogens is 444 g/mol. The zero-order valence-corrected chi connectivity index (χ0v) is 26.2. The van der Waals surface area contributed by atoms with Crippen LogP contribution in [-0.2, 0) is 13.6 Å². The lowest BCUT2D eigenvalue weighted by atomic mass is 9.65. The molecule has 4 nitrogen and oxygen atoms in total. The molecule has 0 aromatic rings. The Kier molecular flexibility index (Phi) is 9.32. The van der Waals surface area contributed by atoms with Gasteiger partial charge in [-0.05, 0) is 67.0 Å². The molecule has 1 fully saturated rings. The van der Waals surface area contributed by atoms with Crippen LogP contribution in [0.15, 0.2) is 11.6 Å². The molecular formula is C27H54O4Si2. The van der Waals surface area contributed by atoms with Crippen molar-refractivity contribution in [2.45, 2.75) is 137 Å². The van der Waals surface area contributed by atoms with Gasteiger partial charge in [0.1, 0.15) is 0 Å². The third-order valence-corrected chi connectivity index (χ3v) is 18.4. The SMILES string of the molecule is C/C(=C\CO[Si](C)(C)C(C)(C)C)C(=O)CC(O)[C@]1(C)C[C@@H](O[Si](C)(C)C(C)(C)C)CC1(C)C. The van der Waals surface area contributed by atoms with Gasteiger partial charge >= 0.3 is 0 Å². The molecule has 1 unspecified atom stereocenters. The lowest BCUT2D eigenvalue weighted by Gasteiger charge is -2.42. The van der Waals surface area contributed by atoms with Crippen molar-refractivity contribution in [1.29, 1.82) is 0 Å². The molecule has 0 aromatic carbocycles. The quantitative estimate of drug-likeness (QED) is 0.264. The minimum Gasteiger partial charge on any atom is -0.414 e. The second-order valence-electron chi connectivity index (χ2n) is 14.3. The summed E-state index contributed by atoms with van der Waals surface area (Å²) in [5, 5.41) is 11.6. The number of ketones is 1. The fourth-order valence-corrected chi connectivity index (χ4v) is 6.44. The summed E-state index contributed by atoms with van der Waals surface area (Å²) in [4.78, 5) is 13.0. The smallest absolute Gasteiger partial charge is 0.192 e. The molecule has 0 spiro atoms. The number of carbonyl (C=O) groups excluding carboxylic acids is 1. The van der Waals surface area contributed by atoms with E-state index >= 15 is 0 Å². The van der Waals surface area contributed by atoms with E-state index in [4.69, 9.17) is 8.85 Å². The number of aliphatic hydroxyl groups excluding tert-OH is 1. The Morgan fingerprint density at radius 1 is 1.00 bits per heavy atom. The average molecular weight is 499 g/mol. The van der Waals surface area contributed by atoms with Crippen molar-refractivity contribution in [3.8, 4) is 0 Å². The first kappa shape index (κ1) is 30.8. The van der Waals surface area contributed by atoms with Crippen molar-refractivity contribution >= 4 is 22.4 Å². The van der Waals surface area contributed by atoms with Crippen LogP contribution < -0.4 is 0 Å². The first-order valence-corrected chi connectivity index (χ1v) is 18.5. The van der Waals surface area contributed by atoms with Gasteiger partial charge in [0.2, 0.25) is 0 Å². The van der Waals surface area contributed by atoms with Gasteiger partial charge in [0.25, 0.3) is 0 Å². The minimum atomic E-state index is -1.89. The van der Waals surface area contributed by atoms with E-state index in [-0.39, 0.29) is 39.2 Å². The molecule has 1 N–H and O–H groups in total. The molecule has 0 aromatic heterocycles. The fourth-order valence-electron chi connectivity index (χ4n) is 4.15. The molecule has 0 bridgehead atoms. The molecule has 0 saturated heterocycles. The van der Waals surface area contributed by atoms with Gasteiger partial charge in [0.05, 0.1) is 12.7 Å². The predicted molar refractivity (Wildman–Crippen MR) is 146 cm³/mol. The van der Waals surface area contributed by atoms with Gasteiger partial charge in [-0.2, -0.15) is 0 Å². The van der Waals surface area contributed by atoms with Crippen LogP contribution >= 0.6 is 0 Å². The molecule has 194 valence electrons. The van der Waals surface area contributed by atoms with E-state index in [1.165, 1.54) is 0 Å². The molecule has 0 aliphatic heterocycles. The molecule has 1 rings (SSSR count). The monoisotopic (exact) mass is 498 g/mol. The van der Waals surface area contributed by atoms with Gasteiger partial charge in [0.15, 0.2) is 22.4 Å². The van der Waals surface area contributed by atoms with Crippen molar-refractivity contribution < 1.29 is 18.8 Å². The first-order valence-electron chi connectivity index (χ1n) is 12.7. The first-order chi connectivity index (χ1) is 14.5. The standard InChI is InChI=1S/C27H54O4Si2/c1-20(15-16-30-32(11,12)24(2,3)4)22(28)17-23(29)27(10)19-21(18-26(27,8)9)31-33(13,14)25(5,6)7/h15,21,23,29H,16-19H2,1-14H3/b20-15+/t21-,23?,27-/m0/s1. The summed E-state index contributed by atoms with van der Waals surface area (Å²) in [5.41, 5.74) is 0.206. The molecule has 33 heavy (non-hydrogen) atoms. The minimum absolute atomic E-state index is 0.00659. The van der Waals surface area contributed by atoms with Gasteiger partial charge < -0.3 is 14.0 Å². The van der Waals surface area contributed by atoms with Gasteiger partial charge in [-0.1, -0.05) is 68.4 Å². The van der Waals surface area contributed by atoms with Gasteiger partial charge in [-0.15, -0.1) is 0 Å². The average Bonchev–Trinajstić information content (AvgIpc) is 2.81. The Labute approximate surface area is 207 Å². The second kappa shape index (κ2) is 10.00. The molecule has 0 amide bonds. The number of allylic oxidation sites excluding steroid dienone is 1. The van der Waals surface area contributed by atoms with E-state index in [1.54, 1.807) is 0 Å². The topological polar surface area (TPSA) is 55.8 Å². The van der Waals surface area contributed by atoms with Gasteiger partial charge in [0, 0.05) is 17.9 Å². The van der Waals surface area contributed by atoms with E-state index in [1.807, 2.05) is 13.0 Å². The van der Waals surface area contributed by atoms with E-state index < -0.39 is 22.7 Å². The summed E-state index contributed by atoms with van der Waals surface area (Å²) in [6, 6.07) is 0. The van der Waals surface area contributed by atoms with Crippen molar-refractivity contribution in [2.24, 2.45) is 10.8 Å². The predicted octanol–water partition coefficient (Wildman–Crippen LogP) is 7.49. The highest BCUT2D eigenvalue weighted by molar-refractivity contribution is 6.74. The third kappa shape index (κ3) is 7.12. The maximum absolute atomic E-state index is 13.0. The van der Waals surface area contributed by atoms with Crippen LogP contribution in [0, 0.1) is 10.8 Å². The number of carbonyl (C=O) groups is 1. The zero-order valence-electron chi connectivity index (χ0n) is 24.2. The summed E-state index contributed by atoms with van der Waals surface area (Å²) >= 11 is 0. The van der Waals surface area contributed by atoms with Crippen molar-refractivity contribution in [3.63, 3.8) is 0 Å². The number of aliphatic hydroxyl groups is 1. The van der Waals surface area contributed by atoms with Gasteiger partial charge in [-0.25, -0.2) is 0 Å². The van der Waals surface area contributed by atoms with Crippen LogP contribution in [-0.4, -0.2) is 46.3 Å². The Bertz CT molecular complexity index is 725. The largest absolute Gasteiger partial charge is 0.414 e. The number of hydrogen-bond acceptors (Lipinski definition) is 4. The Morgan fingerprint density at radius 2 is 1.48 bits per heavy atom. The zero-order chi connectivity index (χ0) is 26.3. The maximum Gasteiger partial charge on any atom is 0.192 e. The van der Waals surface area contributed by atoms with Crippen LogP contribution in [0.4, 0.5) is 0 Å². The Hall–Kier alpha value is -0.276. The highest BCUT2D eigenvalue weighted by Gasteiger charge is 2.55. The molecule has 0 heterocycles. The Morgan fingerprint density at radius 3 is 1.94 bits per heavy atom. The van der Waals surface area contributed by atoms with E-state index in [9.17, 15) is 9.90 Å². The van der Waals surface area contributed by atoms with E-state index in [0.717, 1.165) is 12.8 Å². The summed E-state index contributed by atoms with van der Waals surface area (Å²) in [7, 11) is -3.74. The lowest BCUT2D eigenvalue weighted by molar-refractivity contribution is -0.121. The molecule has 1 saturated carbocycles. The number of rotatable bonds is 9. The molecule has 3 atom stereocenters. The molecule has 1 aliphatic carbocycles. The van der Waals surface area contributed by atoms with Crippen LogP contribution in [0.3, 0.4) is 0 Å². The molecule has 0 radical (unpaired) electrons.